The summed E-state index contributed by atoms with van der Waals surface area (Å²) in [5.41, 5.74) is 0.746. The van der Waals surface area contributed by atoms with Crippen LogP contribution in [0.3, 0.4) is 0 Å². The number of methoxy groups -OCH3 is 1. The summed E-state index contributed by atoms with van der Waals surface area (Å²) < 4.78 is 5.33. The standard InChI is InChI=1S/C18H22N2O3/c1-3-16(21)19-10-11-20(18(13-19)8-9-18)17(22)12-14-6-4-5-7-15(14)23-2/h3-7H,1,8-13H2,2H3. The Labute approximate surface area is 136 Å². The maximum absolute atomic E-state index is 12.8. The number of ether oxygens (including phenoxy) is 1. The fraction of sp³-hybridized carbons (Fsp3) is 0.444. The zero-order valence-corrected chi connectivity index (χ0v) is 13.5. The highest BCUT2D eigenvalue weighted by molar-refractivity contribution is 5.88. The molecule has 1 aromatic rings. The number of hydrogen-bond acceptors (Lipinski definition) is 3. The zero-order chi connectivity index (χ0) is 16.4. The van der Waals surface area contributed by atoms with Crippen molar-refractivity contribution < 1.29 is 14.3 Å². The molecule has 0 N–H and O–H groups in total. The Hall–Kier alpha value is -2.30. The largest absolute Gasteiger partial charge is 0.496 e. The van der Waals surface area contributed by atoms with Gasteiger partial charge in [-0.15, -0.1) is 0 Å². The van der Waals surface area contributed by atoms with Crippen molar-refractivity contribution in [3.63, 3.8) is 0 Å². The molecule has 122 valence electrons. The van der Waals surface area contributed by atoms with Gasteiger partial charge in [-0.3, -0.25) is 9.59 Å². The molecule has 2 fully saturated rings. The van der Waals surface area contributed by atoms with Gasteiger partial charge in [-0.1, -0.05) is 24.8 Å². The second kappa shape index (κ2) is 6.07. The summed E-state index contributed by atoms with van der Waals surface area (Å²) in [5, 5.41) is 0. The summed E-state index contributed by atoms with van der Waals surface area (Å²) in [6.07, 6.45) is 3.61. The van der Waals surface area contributed by atoms with Gasteiger partial charge < -0.3 is 14.5 Å². The van der Waals surface area contributed by atoms with Gasteiger partial charge in [0.1, 0.15) is 5.75 Å². The molecule has 1 aromatic carbocycles. The first kappa shape index (κ1) is 15.6. The normalized spacial score (nSPS) is 18.7. The van der Waals surface area contributed by atoms with E-state index in [9.17, 15) is 9.59 Å². The summed E-state index contributed by atoms with van der Waals surface area (Å²) in [4.78, 5) is 28.4. The molecule has 5 heteroatoms. The first-order chi connectivity index (χ1) is 11.1. The molecule has 1 saturated carbocycles. The molecule has 0 radical (unpaired) electrons. The Kier molecular flexibility index (Phi) is 4.11. The Morgan fingerprint density at radius 1 is 1.30 bits per heavy atom. The highest BCUT2D eigenvalue weighted by Gasteiger charge is 2.53. The van der Waals surface area contributed by atoms with Crippen molar-refractivity contribution in [2.75, 3.05) is 26.7 Å². The predicted molar refractivity (Wildman–Crippen MR) is 87.2 cm³/mol. The van der Waals surface area contributed by atoms with E-state index >= 15 is 0 Å². The lowest BCUT2D eigenvalue weighted by molar-refractivity contribution is -0.141. The van der Waals surface area contributed by atoms with Crippen LogP contribution < -0.4 is 4.74 Å². The van der Waals surface area contributed by atoms with Crippen LogP contribution in [0, 0.1) is 0 Å². The van der Waals surface area contributed by atoms with E-state index in [0.717, 1.165) is 24.2 Å². The lowest BCUT2D eigenvalue weighted by Gasteiger charge is -2.42. The average Bonchev–Trinajstić information content (AvgIpc) is 3.33. The van der Waals surface area contributed by atoms with E-state index in [1.165, 1.54) is 6.08 Å². The fourth-order valence-electron chi connectivity index (χ4n) is 3.36. The molecule has 1 aliphatic carbocycles. The zero-order valence-electron chi connectivity index (χ0n) is 13.5. The van der Waals surface area contributed by atoms with Crippen LogP contribution in [0.1, 0.15) is 18.4 Å². The van der Waals surface area contributed by atoms with E-state index in [1.54, 1.807) is 12.0 Å². The fourth-order valence-corrected chi connectivity index (χ4v) is 3.36. The number of nitrogens with zero attached hydrogens (tertiary/aromatic N) is 2. The van der Waals surface area contributed by atoms with Gasteiger partial charge in [0.05, 0.1) is 19.1 Å². The summed E-state index contributed by atoms with van der Waals surface area (Å²) in [7, 11) is 1.62. The van der Waals surface area contributed by atoms with Crippen LogP contribution in [0.15, 0.2) is 36.9 Å². The minimum Gasteiger partial charge on any atom is -0.496 e. The van der Waals surface area contributed by atoms with Crippen molar-refractivity contribution in [1.82, 2.24) is 9.80 Å². The van der Waals surface area contributed by atoms with Gasteiger partial charge in [-0.25, -0.2) is 0 Å². The third kappa shape index (κ3) is 2.96. The summed E-state index contributed by atoms with van der Waals surface area (Å²) in [6, 6.07) is 7.61. The van der Waals surface area contributed by atoms with Crippen LogP contribution in [0.2, 0.25) is 0 Å². The van der Waals surface area contributed by atoms with E-state index in [1.807, 2.05) is 29.2 Å². The number of carbonyl (C=O) groups excluding carboxylic acids is 2. The lowest BCUT2D eigenvalue weighted by atomic mass is 10.1. The minimum absolute atomic E-state index is 0.0481. The molecule has 1 spiro atoms. The van der Waals surface area contributed by atoms with Crippen molar-refractivity contribution in [1.29, 1.82) is 0 Å². The Morgan fingerprint density at radius 3 is 2.70 bits per heavy atom. The predicted octanol–water partition coefficient (Wildman–Crippen LogP) is 1.63. The van der Waals surface area contributed by atoms with Gasteiger partial charge >= 0.3 is 0 Å². The second-order valence-electron chi connectivity index (χ2n) is 6.22. The maximum atomic E-state index is 12.8. The molecule has 0 atom stereocenters. The number of hydrogen-bond donors (Lipinski definition) is 0. The Bertz CT molecular complexity index is 637. The molecule has 5 nitrogen and oxygen atoms in total. The van der Waals surface area contributed by atoms with E-state index in [0.29, 0.717) is 26.1 Å². The average molecular weight is 314 g/mol. The van der Waals surface area contributed by atoms with Crippen LogP contribution in [-0.2, 0) is 16.0 Å². The van der Waals surface area contributed by atoms with Gasteiger partial charge in [0.15, 0.2) is 0 Å². The minimum atomic E-state index is -0.157. The number of para-hydroxylation sites is 1. The topological polar surface area (TPSA) is 49.9 Å². The van der Waals surface area contributed by atoms with E-state index < -0.39 is 0 Å². The van der Waals surface area contributed by atoms with Crippen molar-refractivity contribution in [3.8, 4) is 5.75 Å². The quantitative estimate of drug-likeness (QED) is 0.794. The Morgan fingerprint density at radius 2 is 2.04 bits per heavy atom. The maximum Gasteiger partial charge on any atom is 0.246 e. The van der Waals surface area contributed by atoms with Crippen LogP contribution in [0.5, 0.6) is 5.75 Å². The molecule has 0 bridgehead atoms. The number of carbonyl (C=O) groups is 2. The van der Waals surface area contributed by atoms with E-state index in [4.69, 9.17) is 4.74 Å². The van der Waals surface area contributed by atoms with Gasteiger partial charge in [-0.05, 0) is 25.0 Å². The van der Waals surface area contributed by atoms with Gasteiger partial charge in [-0.2, -0.15) is 0 Å². The van der Waals surface area contributed by atoms with Gasteiger partial charge in [0.25, 0.3) is 0 Å². The lowest BCUT2D eigenvalue weighted by Crippen LogP contribution is -2.58. The second-order valence-corrected chi connectivity index (χ2v) is 6.22. The molecule has 23 heavy (non-hydrogen) atoms. The van der Waals surface area contributed by atoms with Crippen LogP contribution in [-0.4, -0.2) is 53.9 Å². The van der Waals surface area contributed by atoms with Gasteiger partial charge in [0.2, 0.25) is 11.8 Å². The molecule has 1 heterocycles. The highest BCUT2D eigenvalue weighted by Crippen LogP contribution is 2.44. The first-order valence-corrected chi connectivity index (χ1v) is 7.93. The molecular formula is C18H22N2O3. The van der Waals surface area contributed by atoms with Crippen molar-refractivity contribution >= 4 is 11.8 Å². The molecule has 1 saturated heterocycles. The third-order valence-corrected chi connectivity index (χ3v) is 4.80. The van der Waals surface area contributed by atoms with Gasteiger partial charge in [0, 0.05) is 25.2 Å². The van der Waals surface area contributed by atoms with Crippen molar-refractivity contribution in [2.24, 2.45) is 0 Å². The van der Waals surface area contributed by atoms with Crippen molar-refractivity contribution in [2.45, 2.75) is 24.8 Å². The molecule has 2 amide bonds. The number of rotatable bonds is 4. The van der Waals surface area contributed by atoms with E-state index in [-0.39, 0.29) is 17.4 Å². The highest BCUT2D eigenvalue weighted by atomic mass is 16.5. The first-order valence-electron chi connectivity index (χ1n) is 7.93. The molecular weight excluding hydrogens is 292 g/mol. The Balaban J connectivity index is 1.71. The summed E-state index contributed by atoms with van der Waals surface area (Å²) in [6.45, 7) is 5.33. The monoisotopic (exact) mass is 314 g/mol. The van der Waals surface area contributed by atoms with Crippen LogP contribution in [0.4, 0.5) is 0 Å². The molecule has 0 aromatic heterocycles. The smallest absolute Gasteiger partial charge is 0.246 e. The van der Waals surface area contributed by atoms with Crippen LogP contribution >= 0.6 is 0 Å². The van der Waals surface area contributed by atoms with Crippen LogP contribution in [0.25, 0.3) is 0 Å². The molecule has 0 unspecified atom stereocenters. The summed E-state index contributed by atoms with van der Waals surface area (Å²) >= 11 is 0. The SMILES string of the molecule is C=CC(=O)N1CCN(C(=O)Cc2ccccc2OC)C2(CC2)C1. The van der Waals surface area contributed by atoms with E-state index in [2.05, 4.69) is 6.58 Å². The third-order valence-electron chi connectivity index (χ3n) is 4.80. The number of piperazine rings is 1. The molecule has 2 aliphatic rings. The number of amides is 2. The molecule has 1 aliphatic heterocycles. The molecule has 3 rings (SSSR count). The number of benzene rings is 1. The summed E-state index contributed by atoms with van der Waals surface area (Å²) in [5.74, 6) is 0.803. The van der Waals surface area contributed by atoms with Crippen molar-refractivity contribution in [3.05, 3.63) is 42.5 Å².